The highest BCUT2D eigenvalue weighted by molar-refractivity contribution is 14.0. The summed E-state index contributed by atoms with van der Waals surface area (Å²) in [7, 11) is 1.72. The molecule has 0 aliphatic rings. The number of carbonyl (C=O) groups is 1. The van der Waals surface area contributed by atoms with Crippen molar-refractivity contribution in [2.75, 3.05) is 20.1 Å². The molecule has 0 atom stereocenters. The average Bonchev–Trinajstić information content (AvgIpc) is 3.08. The first-order valence-corrected chi connectivity index (χ1v) is 7.82. The van der Waals surface area contributed by atoms with Gasteiger partial charge in [0.15, 0.2) is 5.96 Å². The maximum absolute atomic E-state index is 11.8. The first kappa shape index (κ1) is 19.4. The van der Waals surface area contributed by atoms with E-state index in [2.05, 4.69) is 32.0 Å². The number of pyridine rings is 1. The second-order valence-electron chi connectivity index (χ2n) is 4.43. The molecule has 23 heavy (non-hydrogen) atoms. The molecule has 0 spiro atoms. The largest absolute Gasteiger partial charge is 0.355 e. The Kier molecular flexibility index (Phi) is 9.22. The number of hydrogen-bond donors (Lipinski definition) is 3. The fourth-order valence-corrected chi connectivity index (χ4v) is 2.41. The number of nitrogens with one attached hydrogen (secondary N) is 3. The third kappa shape index (κ3) is 6.95. The lowest BCUT2D eigenvalue weighted by molar-refractivity contribution is 0.0954. The van der Waals surface area contributed by atoms with Crippen molar-refractivity contribution in [3.63, 3.8) is 0 Å². The van der Waals surface area contributed by atoms with E-state index in [0.717, 1.165) is 6.54 Å². The number of amides is 1. The Balaban J connectivity index is 0.00000264. The maximum atomic E-state index is 11.8. The Morgan fingerprint density at radius 2 is 2.04 bits per heavy atom. The van der Waals surface area contributed by atoms with Gasteiger partial charge in [0.25, 0.3) is 5.91 Å². The molecule has 0 aromatic carbocycles. The number of halogens is 1. The van der Waals surface area contributed by atoms with Gasteiger partial charge in [-0.3, -0.25) is 14.8 Å². The summed E-state index contributed by atoms with van der Waals surface area (Å²) in [4.78, 5) is 21.1. The van der Waals surface area contributed by atoms with Crippen LogP contribution in [0.1, 0.15) is 15.2 Å². The third-order valence-corrected chi connectivity index (χ3v) is 3.74. The quantitative estimate of drug-likeness (QED) is 0.275. The van der Waals surface area contributed by atoms with Crippen LogP contribution in [0.5, 0.6) is 0 Å². The lowest BCUT2D eigenvalue weighted by Gasteiger charge is -2.11. The molecule has 1 amide bonds. The smallest absolute Gasteiger partial charge is 0.252 e. The molecule has 2 aromatic rings. The average molecular weight is 445 g/mol. The Bertz CT molecular complexity index is 604. The summed E-state index contributed by atoms with van der Waals surface area (Å²) in [5, 5.41) is 11.2. The molecule has 0 bridgehead atoms. The van der Waals surface area contributed by atoms with Gasteiger partial charge in [-0.1, -0.05) is 6.07 Å². The van der Waals surface area contributed by atoms with Crippen LogP contribution in [0.4, 0.5) is 0 Å². The number of carbonyl (C=O) groups excluding carboxylic acids is 1. The Hall–Kier alpha value is -1.68. The van der Waals surface area contributed by atoms with E-state index < -0.39 is 0 Å². The molecule has 0 fully saturated rings. The van der Waals surface area contributed by atoms with Crippen molar-refractivity contribution in [1.82, 2.24) is 20.9 Å². The van der Waals surface area contributed by atoms with Crippen LogP contribution < -0.4 is 16.0 Å². The Morgan fingerprint density at radius 3 is 2.70 bits per heavy atom. The Morgan fingerprint density at radius 1 is 1.22 bits per heavy atom. The summed E-state index contributed by atoms with van der Waals surface area (Å²) in [6, 6.07) is 7.56. The molecule has 0 unspecified atom stereocenters. The van der Waals surface area contributed by atoms with Crippen molar-refractivity contribution in [2.24, 2.45) is 4.99 Å². The van der Waals surface area contributed by atoms with Crippen LogP contribution in [0, 0.1) is 0 Å². The van der Waals surface area contributed by atoms with Gasteiger partial charge in [-0.15, -0.1) is 35.3 Å². The van der Waals surface area contributed by atoms with Gasteiger partial charge in [0.2, 0.25) is 0 Å². The summed E-state index contributed by atoms with van der Waals surface area (Å²) >= 11 is 1.70. The van der Waals surface area contributed by atoms with Crippen LogP contribution in [-0.2, 0) is 6.54 Å². The minimum absolute atomic E-state index is 0. The normalized spacial score (nSPS) is 10.6. The molecule has 8 heteroatoms. The van der Waals surface area contributed by atoms with Gasteiger partial charge in [0.1, 0.15) is 0 Å². The van der Waals surface area contributed by atoms with Crippen molar-refractivity contribution in [3.05, 3.63) is 52.5 Å². The zero-order valence-corrected chi connectivity index (χ0v) is 15.9. The van der Waals surface area contributed by atoms with Crippen LogP contribution in [0.3, 0.4) is 0 Å². The monoisotopic (exact) mass is 445 g/mol. The van der Waals surface area contributed by atoms with Crippen molar-refractivity contribution >= 4 is 47.2 Å². The van der Waals surface area contributed by atoms with Gasteiger partial charge < -0.3 is 16.0 Å². The van der Waals surface area contributed by atoms with Crippen LogP contribution in [0.25, 0.3) is 0 Å². The van der Waals surface area contributed by atoms with Crippen LogP contribution in [0.2, 0.25) is 0 Å². The van der Waals surface area contributed by atoms with Gasteiger partial charge in [0, 0.05) is 37.4 Å². The summed E-state index contributed by atoms with van der Waals surface area (Å²) in [5.41, 5.74) is 0.558. The number of guanidine groups is 1. The molecule has 0 saturated carbocycles. The maximum Gasteiger partial charge on any atom is 0.252 e. The van der Waals surface area contributed by atoms with Crippen LogP contribution >= 0.6 is 35.3 Å². The molecular weight excluding hydrogens is 425 g/mol. The molecule has 0 saturated heterocycles. The second kappa shape index (κ2) is 10.9. The van der Waals surface area contributed by atoms with Gasteiger partial charge in [-0.25, -0.2) is 0 Å². The molecule has 0 radical (unpaired) electrons. The van der Waals surface area contributed by atoms with Crippen LogP contribution in [0.15, 0.2) is 47.0 Å². The molecule has 0 aliphatic heterocycles. The number of rotatable bonds is 6. The van der Waals surface area contributed by atoms with Gasteiger partial charge >= 0.3 is 0 Å². The lowest BCUT2D eigenvalue weighted by atomic mass is 10.3. The van der Waals surface area contributed by atoms with Crippen LogP contribution in [-0.4, -0.2) is 37.0 Å². The minimum Gasteiger partial charge on any atom is -0.355 e. The van der Waals surface area contributed by atoms with E-state index in [1.165, 1.54) is 4.88 Å². The van der Waals surface area contributed by atoms with Gasteiger partial charge in [-0.05, 0) is 23.6 Å². The van der Waals surface area contributed by atoms with E-state index in [-0.39, 0.29) is 29.9 Å². The molecule has 124 valence electrons. The van der Waals surface area contributed by atoms with E-state index in [9.17, 15) is 4.79 Å². The standard InChI is InChI=1S/C15H19N5OS.HI/c1-16-15(20-11-13-5-3-9-22-13)19-8-7-18-14(21)12-4-2-6-17-10-12;/h2-6,9-10H,7-8,11H2,1H3,(H,18,21)(H2,16,19,20);1H. The number of thiophene rings is 1. The van der Waals surface area contributed by atoms with E-state index >= 15 is 0 Å². The summed E-state index contributed by atoms with van der Waals surface area (Å²) in [5.74, 6) is 0.584. The fraction of sp³-hybridized carbons (Fsp3) is 0.267. The highest BCUT2D eigenvalue weighted by atomic mass is 127. The van der Waals surface area contributed by atoms with Crippen molar-refractivity contribution in [3.8, 4) is 0 Å². The fourth-order valence-electron chi connectivity index (χ4n) is 1.76. The minimum atomic E-state index is -0.128. The Labute approximate surface area is 156 Å². The SMILES string of the molecule is CN=C(NCCNC(=O)c1cccnc1)NCc1cccs1.I. The van der Waals surface area contributed by atoms with Crippen molar-refractivity contribution in [2.45, 2.75) is 6.54 Å². The van der Waals surface area contributed by atoms with Gasteiger partial charge in [-0.2, -0.15) is 0 Å². The van der Waals surface area contributed by atoms with E-state index in [1.54, 1.807) is 42.9 Å². The zero-order chi connectivity index (χ0) is 15.6. The van der Waals surface area contributed by atoms with Crippen molar-refractivity contribution < 1.29 is 4.79 Å². The number of aromatic nitrogens is 1. The first-order valence-electron chi connectivity index (χ1n) is 6.94. The number of aliphatic imine (C=N–C) groups is 1. The molecule has 2 aromatic heterocycles. The molecular formula is C15H20IN5OS. The second-order valence-corrected chi connectivity index (χ2v) is 5.46. The van der Waals surface area contributed by atoms with Crippen molar-refractivity contribution in [1.29, 1.82) is 0 Å². The third-order valence-electron chi connectivity index (χ3n) is 2.86. The number of hydrogen-bond acceptors (Lipinski definition) is 4. The highest BCUT2D eigenvalue weighted by Gasteiger charge is 2.04. The molecule has 6 nitrogen and oxygen atoms in total. The van der Waals surface area contributed by atoms with Gasteiger partial charge in [0.05, 0.1) is 12.1 Å². The first-order chi connectivity index (χ1) is 10.8. The topological polar surface area (TPSA) is 78.4 Å². The summed E-state index contributed by atoms with van der Waals surface area (Å²) < 4.78 is 0. The summed E-state index contributed by atoms with van der Waals surface area (Å²) in [6.45, 7) is 1.84. The van der Waals surface area contributed by atoms with E-state index in [1.807, 2.05) is 11.4 Å². The molecule has 0 aliphatic carbocycles. The highest BCUT2D eigenvalue weighted by Crippen LogP contribution is 2.06. The van der Waals surface area contributed by atoms with E-state index in [4.69, 9.17) is 0 Å². The predicted octanol–water partition coefficient (Wildman–Crippen LogP) is 1.86. The number of nitrogens with zero attached hydrogens (tertiary/aromatic N) is 2. The van der Waals surface area contributed by atoms with E-state index in [0.29, 0.717) is 24.6 Å². The predicted molar refractivity (Wildman–Crippen MR) is 105 cm³/mol. The molecule has 3 N–H and O–H groups in total. The lowest BCUT2D eigenvalue weighted by Crippen LogP contribution is -2.41. The summed E-state index contributed by atoms with van der Waals surface area (Å²) in [6.07, 6.45) is 3.19. The molecule has 2 rings (SSSR count). The molecule has 2 heterocycles. The zero-order valence-electron chi connectivity index (χ0n) is 12.8.